The molecule has 186 valence electrons. The number of rotatable bonds is 10. The topological polar surface area (TPSA) is 122 Å². The van der Waals surface area contributed by atoms with Crippen molar-refractivity contribution in [1.82, 2.24) is 15.5 Å². The molecule has 0 aromatic heterocycles. The molecule has 0 aromatic rings. The summed E-state index contributed by atoms with van der Waals surface area (Å²) in [5, 5.41) is 5.19. The van der Waals surface area contributed by atoms with Crippen LogP contribution in [0, 0.1) is 35.5 Å². The number of fused-ring (bicyclic) bond motifs is 1. The van der Waals surface area contributed by atoms with Crippen LogP contribution in [-0.2, 0) is 19.2 Å². The summed E-state index contributed by atoms with van der Waals surface area (Å²) >= 11 is 0. The number of piperidine rings is 1. The normalized spacial score (nSPS) is 27.0. The maximum Gasteiger partial charge on any atom is 0.289 e. The number of nitrogens with two attached hydrogens (primary N) is 1. The van der Waals surface area contributed by atoms with Gasteiger partial charge in [0.05, 0.1) is 12.1 Å². The molecule has 3 rings (SSSR count). The van der Waals surface area contributed by atoms with E-state index < -0.39 is 35.7 Å². The van der Waals surface area contributed by atoms with E-state index in [0.29, 0.717) is 6.54 Å². The minimum atomic E-state index is -1.06. The van der Waals surface area contributed by atoms with Crippen LogP contribution in [0.3, 0.4) is 0 Å². The summed E-state index contributed by atoms with van der Waals surface area (Å²) < 4.78 is 0. The maximum absolute atomic E-state index is 13.5. The Labute approximate surface area is 202 Å². The van der Waals surface area contributed by atoms with Gasteiger partial charge in [-0.15, -0.1) is 18.9 Å². The Balaban J connectivity index is 1.75. The van der Waals surface area contributed by atoms with Crippen LogP contribution in [0.5, 0.6) is 0 Å². The van der Waals surface area contributed by atoms with Gasteiger partial charge < -0.3 is 21.3 Å². The summed E-state index contributed by atoms with van der Waals surface area (Å²) in [5.41, 5.74) is 6.33. The highest BCUT2D eigenvalue weighted by molar-refractivity contribution is 6.38. The van der Waals surface area contributed by atoms with Crippen molar-refractivity contribution in [3.63, 3.8) is 0 Å². The molecule has 1 aliphatic heterocycles. The lowest BCUT2D eigenvalue weighted by Gasteiger charge is -2.35. The van der Waals surface area contributed by atoms with Crippen molar-refractivity contribution in [2.24, 2.45) is 28.9 Å². The number of Topliss-reactive ketones (excluding diaryl/α,β-unsaturated/α-hetero) is 1. The molecular formula is C26H38N4O4. The number of hydrogen-bond donors (Lipinski definition) is 3. The Bertz CT molecular complexity index is 871. The number of carbonyl (C=O) groups is 4. The second-order valence-corrected chi connectivity index (χ2v) is 10.5. The summed E-state index contributed by atoms with van der Waals surface area (Å²) in [7, 11) is 0. The van der Waals surface area contributed by atoms with Crippen molar-refractivity contribution in [2.45, 2.75) is 76.9 Å². The predicted molar refractivity (Wildman–Crippen MR) is 129 cm³/mol. The molecular weight excluding hydrogens is 432 g/mol. The average molecular weight is 471 g/mol. The van der Waals surface area contributed by atoms with Crippen LogP contribution in [0.15, 0.2) is 12.7 Å². The quantitative estimate of drug-likeness (QED) is 0.251. The van der Waals surface area contributed by atoms with Gasteiger partial charge >= 0.3 is 0 Å². The molecule has 8 nitrogen and oxygen atoms in total. The number of nitrogens with zero attached hydrogens (tertiary/aromatic N) is 1. The molecule has 0 spiro atoms. The van der Waals surface area contributed by atoms with Crippen molar-refractivity contribution in [3.8, 4) is 12.3 Å². The number of carbonyl (C=O) groups excluding carboxylic acids is 4. The van der Waals surface area contributed by atoms with Crippen LogP contribution in [0.1, 0.15) is 58.8 Å². The minimum absolute atomic E-state index is 0.00650. The number of terminal acetylenes is 1. The third kappa shape index (κ3) is 5.20. The third-order valence-corrected chi connectivity index (χ3v) is 8.04. The monoisotopic (exact) mass is 470 g/mol. The molecule has 0 bridgehead atoms. The van der Waals surface area contributed by atoms with Gasteiger partial charge in [-0.2, -0.15) is 0 Å². The molecule has 3 amide bonds. The second kappa shape index (κ2) is 10.7. The minimum Gasteiger partial charge on any atom is -0.346 e. The third-order valence-electron chi connectivity index (χ3n) is 8.04. The first-order valence-corrected chi connectivity index (χ1v) is 12.4. The van der Waals surface area contributed by atoms with Gasteiger partial charge in [-0.3, -0.25) is 19.2 Å². The molecule has 3 aliphatic rings. The van der Waals surface area contributed by atoms with Gasteiger partial charge in [-0.05, 0) is 42.4 Å². The number of nitrogens with one attached hydrogen (secondary N) is 2. The summed E-state index contributed by atoms with van der Waals surface area (Å²) in [5.74, 6) is 0.620. The number of ketones is 1. The average Bonchev–Trinajstić information content (AvgIpc) is 3.16. The Hall–Kier alpha value is -2.66. The predicted octanol–water partition coefficient (Wildman–Crippen LogP) is 1.15. The second-order valence-electron chi connectivity index (χ2n) is 10.5. The Morgan fingerprint density at radius 3 is 2.53 bits per heavy atom. The van der Waals surface area contributed by atoms with Gasteiger partial charge in [0.25, 0.3) is 5.91 Å². The van der Waals surface area contributed by atoms with Crippen LogP contribution in [0.25, 0.3) is 0 Å². The fraction of sp³-hybridized carbons (Fsp3) is 0.692. The largest absolute Gasteiger partial charge is 0.346 e. The van der Waals surface area contributed by atoms with E-state index >= 15 is 0 Å². The highest BCUT2D eigenvalue weighted by Crippen LogP contribution is 2.65. The molecule has 3 fully saturated rings. The first-order valence-electron chi connectivity index (χ1n) is 12.4. The van der Waals surface area contributed by atoms with Crippen LogP contribution in [0.4, 0.5) is 0 Å². The van der Waals surface area contributed by atoms with Crippen LogP contribution < -0.4 is 16.4 Å². The summed E-state index contributed by atoms with van der Waals surface area (Å²) in [4.78, 5) is 53.5. The zero-order valence-corrected chi connectivity index (χ0v) is 20.3. The Morgan fingerprint density at radius 1 is 1.24 bits per heavy atom. The van der Waals surface area contributed by atoms with Crippen molar-refractivity contribution >= 4 is 23.5 Å². The van der Waals surface area contributed by atoms with Crippen molar-refractivity contribution < 1.29 is 19.2 Å². The fourth-order valence-corrected chi connectivity index (χ4v) is 5.86. The van der Waals surface area contributed by atoms with E-state index in [2.05, 4.69) is 37.0 Å². The van der Waals surface area contributed by atoms with Crippen LogP contribution in [0.2, 0.25) is 0 Å². The molecule has 4 N–H and O–H groups in total. The van der Waals surface area contributed by atoms with E-state index in [-0.39, 0.29) is 48.5 Å². The van der Waals surface area contributed by atoms with Crippen LogP contribution >= 0.6 is 0 Å². The Kier molecular flexibility index (Phi) is 8.19. The van der Waals surface area contributed by atoms with Gasteiger partial charge in [0.15, 0.2) is 0 Å². The number of hydrogen-bond acceptors (Lipinski definition) is 5. The smallest absolute Gasteiger partial charge is 0.289 e. The SMILES string of the molecule is C#CCCC(NC(=O)[C@@H]1[C@@H]2[C@H](CN1C(=O)[C@@H](N)C1CCCCC1)C2(C)C)C(=O)C(=O)NCC=C. The van der Waals surface area contributed by atoms with E-state index in [4.69, 9.17) is 12.2 Å². The number of amides is 3. The summed E-state index contributed by atoms with van der Waals surface area (Å²) in [6.45, 7) is 8.33. The highest BCUT2D eigenvalue weighted by atomic mass is 16.2. The highest BCUT2D eigenvalue weighted by Gasteiger charge is 2.69. The molecule has 1 saturated heterocycles. The maximum atomic E-state index is 13.5. The van der Waals surface area contributed by atoms with Crippen molar-refractivity contribution in [1.29, 1.82) is 0 Å². The van der Waals surface area contributed by atoms with E-state index in [1.54, 1.807) is 4.90 Å². The molecule has 0 aromatic carbocycles. The van der Waals surface area contributed by atoms with Gasteiger partial charge in [-0.1, -0.05) is 39.2 Å². The molecule has 5 atom stereocenters. The van der Waals surface area contributed by atoms with Gasteiger partial charge in [0.2, 0.25) is 17.6 Å². The van der Waals surface area contributed by atoms with Gasteiger partial charge in [0, 0.05) is 19.5 Å². The molecule has 8 heteroatoms. The van der Waals surface area contributed by atoms with E-state index in [0.717, 1.165) is 32.1 Å². The van der Waals surface area contributed by atoms with Gasteiger partial charge in [0.1, 0.15) is 6.04 Å². The lowest BCUT2D eigenvalue weighted by Crippen LogP contribution is -2.58. The van der Waals surface area contributed by atoms with E-state index in [1.807, 2.05) is 0 Å². The lowest BCUT2D eigenvalue weighted by molar-refractivity contribution is -0.144. The summed E-state index contributed by atoms with van der Waals surface area (Å²) in [6, 6.07) is -2.39. The van der Waals surface area contributed by atoms with Crippen molar-refractivity contribution in [2.75, 3.05) is 13.1 Å². The molecule has 0 radical (unpaired) electrons. The first kappa shape index (κ1) is 26.0. The van der Waals surface area contributed by atoms with Crippen LogP contribution in [-0.4, -0.2) is 59.6 Å². The lowest BCUT2D eigenvalue weighted by atomic mass is 9.83. The molecule has 1 unspecified atom stereocenters. The van der Waals surface area contributed by atoms with Gasteiger partial charge in [-0.25, -0.2) is 0 Å². The molecule has 2 saturated carbocycles. The first-order chi connectivity index (χ1) is 16.1. The fourth-order valence-electron chi connectivity index (χ4n) is 5.86. The zero-order valence-electron chi connectivity index (χ0n) is 20.3. The van der Waals surface area contributed by atoms with E-state index in [1.165, 1.54) is 6.08 Å². The summed E-state index contributed by atoms with van der Waals surface area (Å²) in [6.07, 6.45) is 12.4. The standard InChI is InChI=1S/C26H38N4O4/c1-5-7-13-18(22(31)24(33)28-14-6-2)29-23(32)21-19-17(26(19,3)4)15-30(21)25(34)20(27)16-11-9-8-10-12-16/h1,6,16-21H,2,7-15,27H2,3-4H3,(H,28,33)(H,29,32)/t17-,18?,19-,20-,21-/m0/s1. The van der Waals surface area contributed by atoms with Crippen molar-refractivity contribution in [3.05, 3.63) is 12.7 Å². The molecule has 1 heterocycles. The number of likely N-dealkylation sites (tertiary alicyclic amines) is 1. The zero-order chi connectivity index (χ0) is 25.0. The Morgan fingerprint density at radius 2 is 1.91 bits per heavy atom. The molecule has 34 heavy (non-hydrogen) atoms. The molecule has 2 aliphatic carbocycles. The van der Waals surface area contributed by atoms with E-state index in [9.17, 15) is 19.2 Å².